The fourth-order valence-corrected chi connectivity index (χ4v) is 3.36. The smallest absolute Gasteiger partial charge is 0.226 e. The number of carbonyl (C=O) groups excluding carboxylic acids is 1. The van der Waals surface area contributed by atoms with Crippen LogP contribution in [0.3, 0.4) is 0 Å². The zero-order valence-electron chi connectivity index (χ0n) is 12.6. The molecule has 0 amide bonds. The van der Waals surface area contributed by atoms with Crippen LogP contribution in [0.1, 0.15) is 38.4 Å². The lowest BCUT2D eigenvalue weighted by molar-refractivity contribution is -0.118. The molecule has 0 spiro atoms. The van der Waals surface area contributed by atoms with Gasteiger partial charge in [-0.1, -0.05) is 19.9 Å². The molecule has 2 aromatic heterocycles. The summed E-state index contributed by atoms with van der Waals surface area (Å²) in [5.74, 6) is 0.829. The second-order valence-electron chi connectivity index (χ2n) is 6.64. The summed E-state index contributed by atoms with van der Waals surface area (Å²) in [5.41, 5.74) is 2.50. The van der Waals surface area contributed by atoms with E-state index < -0.39 is 0 Å². The largest absolute Gasteiger partial charge is 0.328 e. The average molecular weight is 295 g/mol. The first-order valence-electron chi connectivity index (χ1n) is 7.39. The summed E-state index contributed by atoms with van der Waals surface area (Å²) < 4.78 is 1.75. The molecule has 0 saturated carbocycles. The minimum Gasteiger partial charge on any atom is -0.328 e. The molecule has 6 nitrogen and oxygen atoms in total. The van der Waals surface area contributed by atoms with Crippen LogP contribution in [-0.2, 0) is 4.79 Å². The molecule has 6 heteroatoms. The maximum absolute atomic E-state index is 12.8. The molecule has 1 atom stereocenters. The van der Waals surface area contributed by atoms with Crippen LogP contribution in [0.4, 0.5) is 5.95 Å². The Balaban J connectivity index is 1.91. The number of rotatable bonds is 1. The molecule has 1 aliphatic carbocycles. The fraction of sp³-hybridized carbons (Fsp3) is 0.375. The Morgan fingerprint density at radius 3 is 2.91 bits per heavy atom. The fourth-order valence-electron chi connectivity index (χ4n) is 3.36. The second kappa shape index (κ2) is 4.50. The summed E-state index contributed by atoms with van der Waals surface area (Å²) in [6.07, 6.45) is 4.61. The highest BCUT2D eigenvalue weighted by molar-refractivity contribution is 5.99. The number of allylic oxidation sites excluding steroid dienone is 2. The number of nitrogens with one attached hydrogen (secondary N) is 1. The molecule has 22 heavy (non-hydrogen) atoms. The predicted octanol–water partition coefficient (Wildman–Crippen LogP) is 2.33. The van der Waals surface area contributed by atoms with Gasteiger partial charge in [0.15, 0.2) is 5.78 Å². The number of nitrogens with zero attached hydrogens (tertiary/aromatic N) is 4. The minimum absolute atomic E-state index is 0.0419. The Morgan fingerprint density at radius 2 is 2.14 bits per heavy atom. The van der Waals surface area contributed by atoms with Crippen molar-refractivity contribution in [2.24, 2.45) is 5.41 Å². The van der Waals surface area contributed by atoms with Crippen molar-refractivity contribution in [2.45, 2.75) is 32.7 Å². The van der Waals surface area contributed by atoms with Crippen LogP contribution in [0.5, 0.6) is 0 Å². The molecule has 112 valence electrons. The summed E-state index contributed by atoms with van der Waals surface area (Å²) in [6, 6.07) is 5.43. The van der Waals surface area contributed by atoms with Crippen LogP contribution in [0.15, 0.2) is 42.0 Å². The third-order valence-electron chi connectivity index (χ3n) is 4.24. The number of ketones is 1. The number of Topliss-reactive ketones (excluding diaryl/α,β-unsaturated/α-hetero) is 1. The summed E-state index contributed by atoms with van der Waals surface area (Å²) in [7, 11) is 0. The van der Waals surface area contributed by atoms with Crippen LogP contribution in [-0.4, -0.2) is 25.5 Å². The molecular weight excluding hydrogens is 278 g/mol. The van der Waals surface area contributed by atoms with E-state index in [9.17, 15) is 4.79 Å². The Bertz CT molecular complexity index is 775. The molecule has 4 rings (SSSR count). The average Bonchev–Trinajstić information content (AvgIpc) is 2.92. The Kier molecular flexibility index (Phi) is 2.69. The van der Waals surface area contributed by atoms with Crippen LogP contribution < -0.4 is 5.32 Å². The summed E-state index contributed by atoms with van der Waals surface area (Å²) in [5, 5.41) is 7.58. The van der Waals surface area contributed by atoms with E-state index in [-0.39, 0.29) is 17.2 Å². The zero-order valence-corrected chi connectivity index (χ0v) is 12.6. The van der Waals surface area contributed by atoms with Gasteiger partial charge in [0.2, 0.25) is 5.95 Å². The number of pyridine rings is 1. The third-order valence-corrected chi connectivity index (χ3v) is 4.24. The van der Waals surface area contributed by atoms with Gasteiger partial charge in [0.25, 0.3) is 0 Å². The van der Waals surface area contributed by atoms with Crippen LogP contribution in [0.25, 0.3) is 0 Å². The Morgan fingerprint density at radius 1 is 1.27 bits per heavy atom. The Hall–Kier alpha value is -2.50. The van der Waals surface area contributed by atoms with Crippen molar-refractivity contribution in [2.75, 3.05) is 5.32 Å². The van der Waals surface area contributed by atoms with Crippen molar-refractivity contribution in [3.8, 4) is 0 Å². The number of hydrogen-bond donors (Lipinski definition) is 1. The van der Waals surface area contributed by atoms with E-state index >= 15 is 0 Å². The highest BCUT2D eigenvalue weighted by Crippen LogP contribution is 2.44. The highest BCUT2D eigenvalue weighted by Gasteiger charge is 2.41. The molecule has 0 bridgehead atoms. The normalized spacial score (nSPS) is 22.8. The van der Waals surface area contributed by atoms with Gasteiger partial charge in [-0.3, -0.25) is 9.78 Å². The topological polar surface area (TPSA) is 72.7 Å². The quantitative estimate of drug-likeness (QED) is 0.874. The minimum atomic E-state index is -0.293. The first-order chi connectivity index (χ1) is 10.6. The molecule has 0 aromatic carbocycles. The van der Waals surface area contributed by atoms with Crippen molar-refractivity contribution in [3.63, 3.8) is 0 Å². The lowest BCUT2D eigenvalue weighted by Gasteiger charge is -2.37. The molecule has 2 aromatic rings. The Labute approximate surface area is 128 Å². The van der Waals surface area contributed by atoms with E-state index in [1.165, 1.54) is 6.33 Å². The first kappa shape index (κ1) is 13.2. The lowest BCUT2D eigenvalue weighted by Crippen LogP contribution is -2.36. The first-order valence-corrected chi connectivity index (χ1v) is 7.39. The number of fused-ring (bicyclic) bond motifs is 1. The highest BCUT2D eigenvalue weighted by atomic mass is 16.1. The van der Waals surface area contributed by atoms with Crippen molar-refractivity contribution in [3.05, 3.63) is 47.7 Å². The standard InChI is InChI=1S/C16H17N5O/c1-16(2)7-11-13(12(22)8-16)14(10-5-3-4-6-17-10)21-15(20-11)18-9-19-21/h3-6,9,14H,7-8H2,1-2H3,(H,18,19,20)/t14-/m1/s1. The van der Waals surface area contributed by atoms with Crippen LogP contribution in [0.2, 0.25) is 0 Å². The molecule has 2 aliphatic rings. The van der Waals surface area contributed by atoms with E-state index in [1.54, 1.807) is 10.9 Å². The number of hydrogen-bond acceptors (Lipinski definition) is 5. The van der Waals surface area contributed by atoms with Gasteiger partial charge in [0, 0.05) is 23.9 Å². The van der Waals surface area contributed by atoms with Gasteiger partial charge in [-0.15, -0.1) is 0 Å². The molecule has 1 N–H and O–H groups in total. The number of aromatic nitrogens is 4. The maximum atomic E-state index is 12.8. The second-order valence-corrected chi connectivity index (χ2v) is 6.64. The summed E-state index contributed by atoms with van der Waals surface area (Å²) in [4.78, 5) is 21.5. The lowest BCUT2D eigenvalue weighted by atomic mass is 9.73. The van der Waals surface area contributed by atoms with Crippen LogP contribution in [0, 0.1) is 5.41 Å². The van der Waals surface area contributed by atoms with Crippen molar-refractivity contribution in [1.82, 2.24) is 19.7 Å². The molecule has 0 fully saturated rings. The molecule has 0 saturated heterocycles. The van der Waals surface area contributed by atoms with Gasteiger partial charge in [-0.2, -0.15) is 10.1 Å². The molecule has 0 unspecified atom stereocenters. The van der Waals surface area contributed by atoms with Crippen molar-refractivity contribution >= 4 is 11.7 Å². The van der Waals surface area contributed by atoms with Gasteiger partial charge in [-0.05, 0) is 24.0 Å². The van der Waals surface area contributed by atoms with E-state index in [4.69, 9.17) is 0 Å². The number of carbonyl (C=O) groups is 1. The van der Waals surface area contributed by atoms with E-state index in [2.05, 4.69) is 34.2 Å². The number of anilines is 1. The van der Waals surface area contributed by atoms with Crippen molar-refractivity contribution in [1.29, 1.82) is 0 Å². The van der Waals surface area contributed by atoms with Crippen molar-refractivity contribution < 1.29 is 4.79 Å². The molecule has 3 heterocycles. The van der Waals surface area contributed by atoms with Gasteiger partial charge in [-0.25, -0.2) is 4.68 Å². The molecule has 0 radical (unpaired) electrons. The SMILES string of the molecule is CC1(C)CC(=O)C2=C(C1)Nc1ncnn1[C@@H]2c1ccccn1. The van der Waals surface area contributed by atoms with E-state index in [0.717, 1.165) is 23.4 Å². The summed E-state index contributed by atoms with van der Waals surface area (Å²) >= 11 is 0. The third kappa shape index (κ3) is 1.94. The van der Waals surface area contributed by atoms with Gasteiger partial charge in [0.05, 0.1) is 5.69 Å². The van der Waals surface area contributed by atoms with Gasteiger partial charge < -0.3 is 5.32 Å². The van der Waals surface area contributed by atoms with E-state index in [1.807, 2.05) is 18.2 Å². The maximum Gasteiger partial charge on any atom is 0.226 e. The van der Waals surface area contributed by atoms with Gasteiger partial charge in [0.1, 0.15) is 12.4 Å². The van der Waals surface area contributed by atoms with E-state index in [0.29, 0.717) is 12.4 Å². The molecule has 1 aliphatic heterocycles. The summed E-state index contributed by atoms with van der Waals surface area (Å²) in [6.45, 7) is 4.23. The van der Waals surface area contributed by atoms with Crippen LogP contribution >= 0.6 is 0 Å². The zero-order chi connectivity index (χ0) is 15.3. The monoisotopic (exact) mass is 295 g/mol. The van der Waals surface area contributed by atoms with Gasteiger partial charge >= 0.3 is 0 Å². The predicted molar refractivity (Wildman–Crippen MR) is 81.1 cm³/mol. The molecular formula is C16H17N5O.